The van der Waals surface area contributed by atoms with E-state index in [2.05, 4.69) is 42.7 Å². The van der Waals surface area contributed by atoms with Crippen molar-refractivity contribution in [3.05, 3.63) is 49.3 Å². The maximum Gasteiger partial charge on any atom is 0.246 e. The van der Waals surface area contributed by atoms with Crippen LogP contribution in [0, 0.1) is 5.92 Å². The number of amides is 2. The lowest BCUT2D eigenvalue weighted by molar-refractivity contribution is -0.133. The summed E-state index contributed by atoms with van der Waals surface area (Å²) in [7, 11) is 0. The fraction of sp³-hybridized carbons (Fsp3) is 0.448. The van der Waals surface area contributed by atoms with E-state index in [-0.39, 0.29) is 11.8 Å². The second kappa shape index (κ2) is 11.2. The lowest BCUT2D eigenvalue weighted by Gasteiger charge is -2.47. The van der Waals surface area contributed by atoms with Crippen LogP contribution in [0.3, 0.4) is 0 Å². The van der Waals surface area contributed by atoms with Gasteiger partial charge in [0, 0.05) is 50.0 Å². The second-order valence-electron chi connectivity index (χ2n) is 10.7. The van der Waals surface area contributed by atoms with Crippen LogP contribution in [0.5, 0.6) is 0 Å². The number of benzene rings is 1. The summed E-state index contributed by atoms with van der Waals surface area (Å²) >= 11 is 0. The number of ether oxygens (including phenoxy) is 1. The van der Waals surface area contributed by atoms with E-state index in [1.807, 2.05) is 29.2 Å². The fourth-order valence-electron chi connectivity index (χ4n) is 5.83. The van der Waals surface area contributed by atoms with Crippen molar-refractivity contribution in [2.24, 2.45) is 5.92 Å². The molecule has 39 heavy (non-hydrogen) atoms. The number of morpholine rings is 1. The Kier molecular flexibility index (Phi) is 7.30. The number of anilines is 2. The highest BCUT2D eigenvalue weighted by Crippen LogP contribution is 2.30. The number of hydrogen-bond donors (Lipinski definition) is 2. The highest BCUT2D eigenvalue weighted by Gasteiger charge is 2.35. The molecule has 2 N–H and O–H groups in total. The highest BCUT2D eigenvalue weighted by molar-refractivity contribution is 5.93. The third-order valence-corrected chi connectivity index (χ3v) is 8.18. The maximum atomic E-state index is 12.8. The molecule has 2 aromatic heterocycles. The normalized spacial score (nSPS) is 19.2. The minimum Gasteiger partial charge on any atom is -0.378 e. The Bertz CT molecular complexity index is 1330. The molecule has 3 fully saturated rings. The Hall–Kier alpha value is -3.76. The molecule has 3 saturated heterocycles. The summed E-state index contributed by atoms with van der Waals surface area (Å²) in [5.74, 6) is 1.39. The van der Waals surface area contributed by atoms with Crippen LogP contribution in [0.1, 0.15) is 19.3 Å². The first kappa shape index (κ1) is 25.5. The van der Waals surface area contributed by atoms with Crippen molar-refractivity contribution in [3.8, 4) is 11.3 Å². The summed E-state index contributed by atoms with van der Waals surface area (Å²) in [6, 6.07) is 10.5. The van der Waals surface area contributed by atoms with Gasteiger partial charge < -0.3 is 24.8 Å². The van der Waals surface area contributed by atoms with Gasteiger partial charge in [0.15, 0.2) is 0 Å². The highest BCUT2D eigenvalue weighted by atomic mass is 16.5. The Morgan fingerprint density at radius 3 is 2.54 bits per heavy atom. The molecule has 0 saturated carbocycles. The Morgan fingerprint density at radius 2 is 1.82 bits per heavy atom. The summed E-state index contributed by atoms with van der Waals surface area (Å²) in [4.78, 5) is 43.3. The van der Waals surface area contributed by atoms with Gasteiger partial charge in [0.05, 0.1) is 18.6 Å². The van der Waals surface area contributed by atoms with E-state index in [1.54, 1.807) is 6.33 Å². The van der Waals surface area contributed by atoms with Gasteiger partial charge in [-0.25, -0.2) is 9.97 Å². The number of nitrogens with zero attached hydrogens (tertiary/aromatic N) is 5. The minimum absolute atomic E-state index is 0.0133. The van der Waals surface area contributed by atoms with Crippen molar-refractivity contribution in [2.45, 2.75) is 25.3 Å². The predicted octanol–water partition coefficient (Wildman–Crippen LogP) is 2.90. The standard InChI is InChI=1S/C29H35N7O3/c1-2-27(38)36-17-23(18-36)34-9-7-20(8-10-34)15-26(37)32-22-5-3-21(4-6-22)25-16-24-28(33-25)30-19-31-29(24)35-11-13-39-14-12-35/h2-6,16,19-20,23H,1,7-15,17-18H2,(H,32,37)(H,30,31,33). The molecule has 1 aromatic carbocycles. The number of likely N-dealkylation sites (tertiary alicyclic amines) is 2. The molecular weight excluding hydrogens is 494 g/mol. The smallest absolute Gasteiger partial charge is 0.246 e. The molecule has 0 radical (unpaired) electrons. The van der Waals surface area contributed by atoms with Crippen molar-refractivity contribution in [1.29, 1.82) is 0 Å². The molecule has 0 aliphatic carbocycles. The number of nitrogens with one attached hydrogen (secondary N) is 2. The van der Waals surface area contributed by atoms with Crippen LogP contribution in [0.4, 0.5) is 11.5 Å². The third-order valence-electron chi connectivity index (χ3n) is 8.18. The van der Waals surface area contributed by atoms with Crippen LogP contribution < -0.4 is 10.2 Å². The first-order valence-electron chi connectivity index (χ1n) is 13.8. The first-order chi connectivity index (χ1) is 19.1. The lowest BCUT2D eigenvalue weighted by Crippen LogP contribution is -2.61. The minimum atomic E-state index is 0.0133. The number of carbonyl (C=O) groups excluding carboxylic acids is 2. The fourth-order valence-corrected chi connectivity index (χ4v) is 5.83. The molecule has 204 valence electrons. The van der Waals surface area contributed by atoms with Crippen LogP contribution in [-0.2, 0) is 14.3 Å². The van der Waals surface area contributed by atoms with Gasteiger partial charge in [-0.2, -0.15) is 0 Å². The predicted molar refractivity (Wildman–Crippen MR) is 150 cm³/mol. The second-order valence-corrected chi connectivity index (χ2v) is 10.7. The summed E-state index contributed by atoms with van der Waals surface area (Å²) in [5, 5.41) is 4.07. The monoisotopic (exact) mass is 529 g/mol. The number of piperidine rings is 1. The van der Waals surface area contributed by atoms with E-state index < -0.39 is 0 Å². The maximum absolute atomic E-state index is 12.8. The van der Waals surface area contributed by atoms with Crippen LogP contribution >= 0.6 is 0 Å². The number of aromatic amines is 1. The van der Waals surface area contributed by atoms with Gasteiger partial charge in [0.25, 0.3) is 0 Å². The van der Waals surface area contributed by atoms with Gasteiger partial charge >= 0.3 is 0 Å². The first-order valence-corrected chi connectivity index (χ1v) is 13.8. The molecule has 10 heteroatoms. The molecule has 3 aromatic rings. The summed E-state index contributed by atoms with van der Waals surface area (Å²) < 4.78 is 5.48. The van der Waals surface area contributed by atoms with E-state index in [9.17, 15) is 9.59 Å². The van der Waals surface area contributed by atoms with Crippen molar-refractivity contribution in [3.63, 3.8) is 0 Å². The molecular formula is C29H35N7O3. The molecule has 5 heterocycles. The van der Waals surface area contributed by atoms with Crippen molar-refractivity contribution >= 4 is 34.4 Å². The number of carbonyl (C=O) groups is 2. The van der Waals surface area contributed by atoms with Gasteiger partial charge in [0.1, 0.15) is 17.8 Å². The largest absolute Gasteiger partial charge is 0.378 e. The molecule has 0 atom stereocenters. The van der Waals surface area contributed by atoms with E-state index in [0.717, 1.165) is 85.9 Å². The molecule has 3 aliphatic rings. The number of hydrogen-bond acceptors (Lipinski definition) is 7. The zero-order valence-corrected chi connectivity index (χ0v) is 22.1. The van der Waals surface area contributed by atoms with Gasteiger partial charge in [-0.05, 0) is 61.7 Å². The SMILES string of the molecule is C=CC(=O)N1CC(N2CCC(CC(=O)Nc3ccc(-c4cc5c(N6CCOCC6)ncnc5[nH]4)cc3)CC2)C1. The summed E-state index contributed by atoms with van der Waals surface area (Å²) in [6.07, 6.45) is 5.53. The number of fused-ring (bicyclic) bond motifs is 1. The lowest BCUT2D eigenvalue weighted by atomic mass is 9.91. The van der Waals surface area contributed by atoms with Gasteiger partial charge in [-0.15, -0.1) is 0 Å². The van der Waals surface area contributed by atoms with Crippen LogP contribution in [0.2, 0.25) is 0 Å². The zero-order chi connectivity index (χ0) is 26.8. The topological polar surface area (TPSA) is 107 Å². The van der Waals surface area contributed by atoms with Gasteiger partial charge in [-0.3, -0.25) is 14.5 Å². The average Bonchev–Trinajstić information content (AvgIpc) is 3.38. The Labute approximate surface area is 228 Å². The van der Waals surface area contributed by atoms with Gasteiger partial charge in [-0.1, -0.05) is 18.7 Å². The molecule has 2 amide bonds. The Morgan fingerprint density at radius 1 is 1.08 bits per heavy atom. The van der Waals surface area contributed by atoms with E-state index >= 15 is 0 Å². The van der Waals surface area contributed by atoms with Crippen molar-refractivity contribution < 1.29 is 14.3 Å². The molecule has 3 aliphatic heterocycles. The zero-order valence-electron chi connectivity index (χ0n) is 22.1. The molecule has 6 rings (SSSR count). The number of H-pyrrole nitrogens is 1. The van der Waals surface area contributed by atoms with Crippen molar-refractivity contribution in [1.82, 2.24) is 24.8 Å². The number of aromatic nitrogens is 3. The number of rotatable bonds is 7. The molecule has 0 bridgehead atoms. The summed E-state index contributed by atoms with van der Waals surface area (Å²) in [5.41, 5.74) is 3.60. The van der Waals surface area contributed by atoms with Crippen LogP contribution in [0.25, 0.3) is 22.3 Å². The molecule has 0 unspecified atom stereocenters. The molecule has 0 spiro atoms. The quantitative estimate of drug-likeness (QED) is 0.453. The van der Waals surface area contributed by atoms with Crippen LogP contribution in [0.15, 0.2) is 49.3 Å². The van der Waals surface area contributed by atoms with Crippen molar-refractivity contribution in [2.75, 3.05) is 62.7 Å². The third kappa shape index (κ3) is 5.53. The summed E-state index contributed by atoms with van der Waals surface area (Å²) in [6.45, 7) is 10.1. The Balaban J connectivity index is 1.01. The molecule has 10 nitrogen and oxygen atoms in total. The van der Waals surface area contributed by atoms with Crippen LogP contribution in [-0.4, -0.2) is 95.1 Å². The van der Waals surface area contributed by atoms with E-state index in [1.165, 1.54) is 6.08 Å². The van der Waals surface area contributed by atoms with E-state index in [0.29, 0.717) is 31.6 Å². The average molecular weight is 530 g/mol. The van der Waals surface area contributed by atoms with E-state index in [4.69, 9.17) is 4.74 Å². The van der Waals surface area contributed by atoms with Gasteiger partial charge in [0.2, 0.25) is 11.8 Å².